The molecule has 7 heteroatoms. The summed E-state index contributed by atoms with van der Waals surface area (Å²) in [7, 11) is 0. The van der Waals surface area contributed by atoms with Gasteiger partial charge in [-0.3, -0.25) is 9.59 Å². The number of piperidine rings is 1. The lowest BCUT2D eigenvalue weighted by Crippen LogP contribution is -2.60. The monoisotopic (exact) mass is 470 g/mol. The number of carbonyl (C=O) groups excluding carboxylic acids is 2. The first-order valence-corrected chi connectivity index (χ1v) is 12.7. The minimum atomic E-state index is -0.828. The molecule has 0 radical (unpaired) electrons. The number of rotatable bonds is 6. The smallest absolute Gasteiger partial charge is 0.242 e. The number of benzene rings is 1. The number of ketones is 1. The van der Waals surface area contributed by atoms with Crippen molar-refractivity contribution < 1.29 is 9.59 Å². The van der Waals surface area contributed by atoms with E-state index >= 15 is 0 Å². The van der Waals surface area contributed by atoms with Gasteiger partial charge in [0.25, 0.3) is 0 Å². The Balaban J connectivity index is 1.48. The predicted octanol–water partition coefficient (Wildman–Crippen LogP) is 5.01. The van der Waals surface area contributed by atoms with Gasteiger partial charge in [-0.25, -0.2) is 0 Å². The molecule has 2 fully saturated rings. The van der Waals surface area contributed by atoms with Gasteiger partial charge in [0.1, 0.15) is 10.8 Å². The van der Waals surface area contributed by atoms with Crippen molar-refractivity contribution in [2.24, 2.45) is 5.92 Å². The van der Waals surface area contributed by atoms with Gasteiger partial charge in [0.15, 0.2) is 5.78 Å². The second kappa shape index (κ2) is 8.49. The van der Waals surface area contributed by atoms with E-state index in [1.807, 2.05) is 41.1 Å². The molecule has 0 bridgehead atoms. The third-order valence-corrected chi connectivity index (χ3v) is 8.52. The van der Waals surface area contributed by atoms with E-state index in [9.17, 15) is 9.59 Å². The summed E-state index contributed by atoms with van der Waals surface area (Å²) in [4.78, 5) is 29.9. The first-order valence-electron chi connectivity index (χ1n) is 10.5. The molecule has 3 aliphatic rings. The van der Waals surface area contributed by atoms with Gasteiger partial charge in [-0.2, -0.15) is 11.3 Å². The number of hydrogen-bond acceptors (Lipinski definition) is 5. The number of hydrogen-bond donors (Lipinski definition) is 1. The van der Waals surface area contributed by atoms with Gasteiger partial charge >= 0.3 is 0 Å². The first kappa shape index (κ1) is 20.9. The fourth-order valence-corrected chi connectivity index (χ4v) is 6.31. The number of nitrogens with zero attached hydrogens (tertiary/aromatic N) is 1. The molecular weight excluding hydrogens is 448 g/mol. The molecule has 1 saturated carbocycles. The largest absolute Gasteiger partial charge is 0.369 e. The van der Waals surface area contributed by atoms with E-state index in [4.69, 9.17) is 11.6 Å². The average molecular weight is 471 g/mol. The van der Waals surface area contributed by atoms with Crippen LogP contribution in [-0.2, 0) is 15.1 Å². The van der Waals surface area contributed by atoms with Crippen LogP contribution in [0.2, 0.25) is 5.02 Å². The third-order valence-electron chi connectivity index (χ3n) is 6.07. The van der Waals surface area contributed by atoms with Crippen LogP contribution in [0.15, 0.2) is 69.9 Å². The normalized spacial score (nSPS) is 26.0. The second-order valence-electron chi connectivity index (χ2n) is 8.31. The van der Waals surface area contributed by atoms with Crippen molar-refractivity contribution >= 4 is 46.4 Å². The maximum atomic E-state index is 13.4. The summed E-state index contributed by atoms with van der Waals surface area (Å²) >= 11 is 9.10. The van der Waals surface area contributed by atoms with Gasteiger partial charge in [0.05, 0.1) is 5.02 Å². The Labute approximate surface area is 195 Å². The molecule has 5 rings (SSSR count). The Morgan fingerprint density at radius 2 is 2.06 bits per heavy atom. The number of Topliss-reactive ketones (excluding diaryl/α,β-unsaturated/α-hetero) is 1. The van der Waals surface area contributed by atoms with Crippen molar-refractivity contribution in [3.63, 3.8) is 0 Å². The second-order valence-corrected chi connectivity index (χ2v) is 10.6. The van der Waals surface area contributed by atoms with Crippen LogP contribution >= 0.6 is 34.7 Å². The number of thioether (sulfide) groups is 1. The van der Waals surface area contributed by atoms with Crippen LogP contribution in [0.25, 0.3) is 0 Å². The Bertz CT molecular complexity index is 1040. The minimum Gasteiger partial charge on any atom is -0.369 e. The van der Waals surface area contributed by atoms with Gasteiger partial charge in [-0.15, -0.1) is 11.8 Å². The number of thiophene rings is 1. The molecule has 2 aromatic rings. The van der Waals surface area contributed by atoms with Crippen LogP contribution in [0, 0.1) is 5.92 Å². The van der Waals surface area contributed by atoms with Crippen molar-refractivity contribution in [1.82, 2.24) is 10.2 Å². The minimum absolute atomic E-state index is 0.0679. The SMILES string of the molecule is O=C1CC(C2=CC=CCN2CC2CC2)(c2ccsc2)NC(=O)C1Sc1ccccc1Cl. The number of allylic oxidation sites excluding steroid dienone is 2. The summed E-state index contributed by atoms with van der Waals surface area (Å²) in [6.45, 7) is 1.76. The number of nitrogens with one attached hydrogen (secondary N) is 1. The summed E-state index contributed by atoms with van der Waals surface area (Å²) in [6, 6.07) is 9.35. The zero-order valence-electron chi connectivity index (χ0n) is 16.9. The predicted molar refractivity (Wildman–Crippen MR) is 126 cm³/mol. The molecule has 2 atom stereocenters. The van der Waals surface area contributed by atoms with Crippen LogP contribution in [0.3, 0.4) is 0 Å². The zero-order chi connectivity index (χ0) is 21.4. The highest BCUT2D eigenvalue weighted by molar-refractivity contribution is 8.01. The summed E-state index contributed by atoms with van der Waals surface area (Å²) < 4.78 is 0. The van der Waals surface area contributed by atoms with Crippen molar-refractivity contribution in [3.8, 4) is 0 Å². The molecule has 1 aromatic carbocycles. The van der Waals surface area contributed by atoms with E-state index in [-0.39, 0.29) is 18.1 Å². The lowest BCUT2D eigenvalue weighted by atomic mass is 9.78. The fraction of sp³-hybridized carbons (Fsp3) is 0.333. The molecule has 1 aliphatic carbocycles. The molecule has 1 saturated heterocycles. The van der Waals surface area contributed by atoms with Crippen molar-refractivity contribution in [1.29, 1.82) is 0 Å². The van der Waals surface area contributed by atoms with Gasteiger partial charge in [-0.05, 0) is 59.4 Å². The number of amides is 1. The highest BCUT2D eigenvalue weighted by atomic mass is 35.5. The fourth-order valence-electron chi connectivity index (χ4n) is 4.34. The van der Waals surface area contributed by atoms with E-state index in [0.29, 0.717) is 10.9 Å². The number of carbonyl (C=O) groups is 2. The zero-order valence-corrected chi connectivity index (χ0v) is 19.3. The Kier molecular flexibility index (Phi) is 5.71. The van der Waals surface area contributed by atoms with Crippen LogP contribution in [0.4, 0.5) is 0 Å². The molecular formula is C24H23ClN2O2S2. The van der Waals surface area contributed by atoms with Gasteiger partial charge in [-0.1, -0.05) is 35.9 Å². The first-order chi connectivity index (χ1) is 15.1. The van der Waals surface area contributed by atoms with E-state index in [2.05, 4.69) is 22.4 Å². The van der Waals surface area contributed by atoms with E-state index in [1.54, 1.807) is 17.4 Å². The molecule has 1 aromatic heterocycles. The van der Waals surface area contributed by atoms with Gasteiger partial charge < -0.3 is 10.2 Å². The summed E-state index contributed by atoms with van der Waals surface area (Å²) in [5.41, 5.74) is 1.16. The van der Waals surface area contributed by atoms with Crippen LogP contribution in [0.1, 0.15) is 24.8 Å². The highest BCUT2D eigenvalue weighted by Crippen LogP contribution is 2.44. The highest BCUT2D eigenvalue weighted by Gasteiger charge is 2.50. The van der Waals surface area contributed by atoms with Gasteiger partial charge in [0.2, 0.25) is 5.91 Å². The lowest BCUT2D eigenvalue weighted by molar-refractivity contribution is -0.133. The van der Waals surface area contributed by atoms with Gasteiger partial charge in [0, 0.05) is 30.1 Å². The van der Waals surface area contributed by atoms with Crippen molar-refractivity contribution in [3.05, 3.63) is 75.6 Å². The Morgan fingerprint density at radius 3 is 2.77 bits per heavy atom. The summed E-state index contributed by atoms with van der Waals surface area (Å²) in [5, 5.41) is 7.08. The molecule has 1 amide bonds. The standard InChI is InChI=1S/C24H23ClN2O2S2/c25-18-5-1-2-6-20(18)31-22-19(28)13-24(26-23(22)29,17-10-12-30-15-17)21-7-3-4-11-27(21)14-16-8-9-16/h1-7,10,12,15-16,22H,8-9,11,13-14H2,(H,26,29). The van der Waals surface area contributed by atoms with E-state index in [0.717, 1.165) is 29.2 Å². The molecule has 31 heavy (non-hydrogen) atoms. The average Bonchev–Trinajstić information content (AvgIpc) is 3.40. The molecule has 2 unspecified atom stereocenters. The maximum absolute atomic E-state index is 13.4. The molecule has 160 valence electrons. The molecule has 3 heterocycles. The van der Waals surface area contributed by atoms with E-state index in [1.165, 1.54) is 24.6 Å². The molecule has 2 aliphatic heterocycles. The maximum Gasteiger partial charge on any atom is 0.242 e. The Hall–Kier alpha value is -2.02. The Morgan fingerprint density at radius 1 is 1.23 bits per heavy atom. The van der Waals surface area contributed by atoms with Crippen molar-refractivity contribution in [2.75, 3.05) is 13.1 Å². The van der Waals surface area contributed by atoms with E-state index < -0.39 is 10.8 Å². The molecule has 4 nitrogen and oxygen atoms in total. The summed E-state index contributed by atoms with van der Waals surface area (Å²) in [5.74, 6) is 0.379. The molecule has 0 spiro atoms. The number of halogens is 1. The summed E-state index contributed by atoms with van der Waals surface area (Å²) in [6.07, 6.45) is 8.97. The van der Waals surface area contributed by atoms with Crippen LogP contribution in [-0.4, -0.2) is 34.9 Å². The van der Waals surface area contributed by atoms with Crippen LogP contribution < -0.4 is 5.32 Å². The third kappa shape index (κ3) is 4.09. The van der Waals surface area contributed by atoms with Crippen LogP contribution in [0.5, 0.6) is 0 Å². The lowest BCUT2D eigenvalue weighted by Gasteiger charge is -2.46. The van der Waals surface area contributed by atoms with Crippen molar-refractivity contribution in [2.45, 2.75) is 34.9 Å². The molecule has 1 N–H and O–H groups in total. The topological polar surface area (TPSA) is 49.4 Å². The quantitative estimate of drug-likeness (QED) is 0.603.